The minimum absolute atomic E-state index is 0.0238. The van der Waals surface area contributed by atoms with E-state index >= 15 is 0 Å². The van der Waals surface area contributed by atoms with Gasteiger partial charge >= 0.3 is 0 Å². The highest BCUT2D eigenvalue weighted by Gasteiger charge is 2.42. The van der Waals surface area contributed by atoms with E-state index in [1.165, 1.54) is 0 Å². The molecule has 8 heteroatoms. The summed E-state index contributed by atoms with van der Waals surface area (Å²) in [7, 11) is 1.64. The van der Waals surface area contributed by atoms with E-state index in [2.05, 4.69) is 5.32 Å². The molecular weight excluding hydrogens is 648 g/mol. The Kier molecular flexibility index (Phi) is 9.58. The van der Waals surface area contributed by atoms with Crippen molar-refractivity contribution in [1.82, 2.24) is 0 Å². The molecule has 5 aromatic rings. The maximum atomic E-state index is 14.7. The normalized spacial score (nSPS) is 16.9. The molecule has 0 aromatic heterocycles. The van der Waals surface area contributed by atoms with Crippen LogP contribution >= 0.6 is 11.6 Å². The zero-order valence-corrected chi connectivity index (χ0v) is 28.7. The summed E-state index contributed by atoms with van der Waals surface area (Å²) in [6, 6.07) is 37.2. The molecule has 1 aliphatic carbocycles. The smallest absolute Gasteiger partial charge is 0.259 e. The van der Waals surface area contributed by atoms with Crippen LogP contribution in [0.15, 0.2) is 133 Å². The highest BCUT2D eigenvalue weighted by Crippen LogP contribution is 2.49. The molecule has 2 aliphatic rings. The van der Waals surface area contributed by atoms with Gasteiger partial charge in [0, 0.05) is 28.3 Å². The van der Waals surface area contributed by atoms with Gasteiger partial charge in [0.05, 0.1) is 31.1 Å². The number of ether oxygens (including phenoxy) is 3. The molecule has 0 bridgehead atoms. The molecule has 0 fully saturated rings. The molecule has 1 aliphatic heterocycles. The predicted octanol–water partition coefficient (Wildman–Crippen LogP) is 9.54. The van der Waals surface area contributed by atoms with E-state index in [4.69, 9.17) is 25.8 Å². The van der Waals surface area contributed by atoms with E-state index < -0.39 is 6.04 Å². The molecule has 1 amide bonds. The Morgan fingerprint density at radius 2 is 1.54 bits per heavy atom. The molecule has 5 aromatic carbocycles. The summed E-state index contributed by atoms with van der Waals surface area (Å²) in [5, 5.41) is 4.27. The van der Waals surface area contributed by atoms with Gasteiger partial charge in [-0.05, 0) is 96.6 Å². The zero-order chi connectivity index (χ0) is 34.6. The van der Waals surface area contributed by atoms with Crippen molar-refractivity contribution in [3.8, 4) is 17.2 Å². The van der Waals surface area contributed by atoms with Crippen LogP contribution in [-0.4, -0.2) is 25.4 Å². The Labute approximate surface area is 297 Å². The number of anilines is 2. The number of rotatable bonds is 9. The molecule has 0 radical (unpaired) electrons. The second kappa shape index (κ2) is 14.5. The van der Waals surface area contributed by atoms with Crippen LogP contribution in [0, 0.1) is 0 Å². The Morgan fingerprint density at radius 1 is 0.820 bits per heavy atom. The maximum Gasteiger partial charge on any atom is 0.259 e. The van der Waals surface area contributed by atoms with Crippen molar-refractivity contribution in [1.29, 1.82) is 0 Å². The van der Waals surface area contributed by atoms with Crippen molar-refractivity contribution in [2.24, 2.45) is 0 Å². The standard InChI is InChI=1S/C42H37ClN2O5/c1-3-49-39-25-30(17-22-38(39)50-26-27-13-18-32(43)19-14-27)41-40-35(23-31(24-37(40)46)28-15-20-33(48-2)21-16-28)44-34-11-7-8-12-36(34)45(41)42(47)29-9-5-4-6-10-29/h4-22,25,31,41,44H,3,23-24,26H2,1-2H3/t31-,41+/m0/s1. The SMILES string of the molecule is CCOc1cc([C@@H]2C3=C(C[C@H](c4ccc(OC)cc4)CC3=O)Nc3ccccc3N2C(=O)c2ccccc2)ccc1OCc1ccc(Cl)cc1. The van der Waals surface area contributed by atoms with Crippen LogP contribution in [0.1, 0.15) is 58.8 Å². The van der Waals surface area contributed by atoms with E-state index in [1.807, 2.05) is 116 Å². The fourth-order valence-electron chi connectivity index (χ4n) is 6.78. The van der Waals surface area contributed by atoms with Crippen molar-refractivity contribution in [2.45, 2.75) is 38.3 Å². The molecular formula is C42H37ClN2O5. The molecule has 50 heavy (non-hydrogen) atoms. The topological polar surface area (TPSA) is 77.1 Å². The molecule has 7 rings (SSSR count). The van der Waals surface area contributed by atoms with Crippen LogP contribution in [0.25, 0.3) is 0 Å². The highest BCUT2D eigenvalue weighted by atomic mass is 35.5. The summed E-state index contributed by atoms with van der Waals surface area (Å²) in [5.41, 5.74) is 6.05. The summed E-state index contributed by atoms with van der Waals surface area (Å²) < 4.78 is 17.8. The van der Waals surface area contributed by atoms with Gasteiger partial charge in [-0.25, -0.2) is 0 Å². The lowest BCUT2D eigenvalue weighted by molar-refractivity contribution is -0.116. The maximum absolute atomic E-state index is 14.7. The lowest BCUT2D eigenvalue weighted by Gasteiger charge is -2.35. The molecule has 0 spiro atoms. The number of nitrogens with one attached hydrogen (secondary N) is 1. The van der Waals surface area contributed by atoms with E-state index in [0.29, 0.717) is 59.4 Å². The van der Waals surface area contributed by atoms with Crippen LogP contribution < -0.4 is 24.4 Å². The average Bonchev–Trinajstić information content (AvgIpc) is 3.30. The van der Waals surface area contributed by atoms with Crippen LogP contribution in [0.2, 0.25) is 5.02 Å². The van der Waals surface area contributed by atoms with E-state index in [-0.39, 0.29) is 17.6 Å². The Hall–Kier alpha value is -5.53. The number of fused-ring (bicyclic) bond motifs is 1. The number of carbonyl (C=O) groups is 2. The van der Waals surface area contributed by atoms with Gasteiger partial charge in [0.25, 0.3) is 5.91 Å². The molecule has 1 N–H and O–H groups in total. The lowest BCUT2D eigenvalue weighted by atomic mass is 9.78. The van der Waals surface area contributed by atoms with Gasteiger partial charge in [0.2, 0.25) is 0 Å². The van der Waals surface area contributed by atoms with Gasteiger partial charge in [0.1, 0.15) is 12.4 Å². The average molecular weight is 685 g/mol. The first-order valence-corrected chi connectivity index (χ1v) is 17.1. The fourth-order valence-corrected chi connectivity index (χ4v) is 6.91. The number of methoxy groups -OCH3 is 1. The van der Waals surface area contributed by atoms with Crippen molar-refractivity contribution >= 4 is 34.7 Å². The third-order valence-electron chi connectivity index (χ3n) is 9.21. The fraction of sp³-hybridized carbons (Fsp3) is 0.190. The number of halogens is 1. The molecule has 1 heterocycles. The van der Waals surface area contributed by atoms with Crippen molar-refractivity contribution in [3.63, 3.8) is 0 Å². The van der Waals surface area contributed by atoms with Crippen LogP contribution in [0.3, 0.4) is 0 Å². The summed E-state index contributed by atoms with van der Waals surface area (Å²) in [5.74, 6) is 1.55. The molecule has 0 saturated heterocycles. The third-order valence-corrected chi connectivity index (χ3v) is 9.46. The number of nitrogens with zero attached hydrogens (tertiary/aromatic N) is 1. The lowest BCUT2D eigenvalue weighted by Crippen LogP contribution is -2.38. The highest BCUT2D eigenvalue weighted by molar-refractivity contribution is 6.30. The Bertz CT molecular complexity index is 2040. The number of Topliss-reactive ketones (excluding diaryl/α,β-unsaturated/α-hetero) is 1. The van der Waals surface area contributed by atoms with Gasteiger partial charge in [0.15, 0.2) is 17.3 Å². The largest absolute Gasteiger partial charge is 0.497 e. The minimum Gasteiger partial charge on any atom is -0.497 e. The molecule has 7 nitrogen and oxygen atoms in total. The van der Waals surface area contributed by atoms with Crippen LogP contribution in [0.5, 0.6) is 17.2 Å². The number of allylic oxidation sites excluding steroid dienone is 1. The first kappa shape index (κ1) is 33.0. The van der Waals surface area contributed by atoms with Gasteiger partial charge in [-0.1, -0.05) is 72.3 Å². The summed E-state index contributed by atoms with van der Waals surface area (Å²) in [6.45, 7) is 2.63. The zero-order valence-electron chi connectivity index (χ0n) is 27.9. The second-order valence-corrected chi connectivity index (χ2v) is 12.8. The van der Waals surface area contributed by atoms with Crippen LogP contribution in [0.4, 0.5) is 11.4 Å². The summed E-state index contributed by atoms with van der Waals surface area (Å²) in [6.07, 6.45) is 0.889. The van der Waals surface area contributed by atoms with Gasteiger partial charge in [-0.3, -0.25) is 14.5 Å². The Balaban J connectivity index is 1.36. The molecule has 252 valence electrons. The number of ketones is 1. The first-order chi connectivity index (χ1) is 24.4. The number of amides is 1. The number of hydrogen-bond donors (Lipinski definition) is 1. The number of benzene rings is 5. The third kappa shape index (κ3) is 6.69. The second-order valence-electron chi connectivity index (χ2n) is 12.3. The van der Waals surface area contributed by atoms with E-state index in [9.17, 15) is 9.59 Å². The summed E-state index contributed by atoms with van der Waals surface area (Å²) in [4.78, 5) is 31.0. The predicted molar refractivity (Wildman–Crippen MR) is 196 cm³/mol. The monoisotopic (exact) mass is 684 g/mol. The van der Waals surface area contributed by atoms with E-state index in [0.717, 1.165) is 33.8 Å². The van der Waals surface area contributed by atoms with Crippen LogP contribution in [-0.2, 0) is 11.4 Å². The van der Waals surface area contributed by atoms with Gasteiger partial charge in [-0.2, -0.15) is 0 Å². The first-order valence-electron chi connectivity index (χ1n) is 16.7. The van der Waals surface area contributed by atoms with Crippen molar-refractivity contribution in [2.75, 3.05) is 23.9 Å². The van der Waals surface area contributed by atoms with E-state index in [1.54, 1.807) is 24.1 Å². The van der Waals surface area contributed by atoms with Crippen molar-refractivity contribution in [3.05, 3.63) is 160 Å². The number of hydrogen-bond acceptors (Lipinski definition) is 6. The number of para-hydroxylation sites is 2. The number of carbonyl (C=O) groups excluding carboxylic acids is 2. The summed E-state index contributed by atoms with van der Waals surface area (Å²) >= 11 is 6.09. The molecule has 2 atom stereocenters. The minimum atomic E-state index is -0.748. The Morgan fingerprint density at radius 3 is 2.28 bits per heavy atom. The van der Waals surface area contributed by atoms with Crippen molar-refractivity contribution < 1.29 is 23.8 Å². The molecule has 0 unspecified atom stereocenters. The molecule has 0 saturated carbocycles. The van der Waals surface area contributed by atoms with Gasteiger partial charge < -0.3 is 19.5 Å². The quantitative estimate of drug-likeness (QED) is 0.167. The van der Waals surface area contributed by atoms with Gasteiger partial charge in [-0.15, -0.1) is 0 Å².